The molecule has 4 nitrogen and oxygen atoms in total. The van der Waals surface area contributed by atoms with E-state index in [1.54, 1.807) is 12.1 Å². The van der Waals surface area contributed by atoms with Crippen LogP contribution in [0.3, 0.4) is 0 Å². The van der Waals surface area contributed by atoms with Gasteiger partial charge in [-0.1, -0.05) is 42.0 Å². The summed E-state index contributed by atoms with van der Waals surface area (Å²) in [6, 6.07) is 11.4. The third-order valence-electron chi connectivity index (χ3n) is 5.82. The number of halogens is 1. The first kappa shape index (κ1) is 18.0. The molecular weight excluding hydrogens is 394 g/mol. The van der Waals surface area contributed by atoms with E-state index >= 15 is 0 Å². The van der Waals surface area contributed by atoms with Crippen LogP contribution in [0.2, 0.25) is 5.02 Å². The van der Waals surface area contributed by atoms with E-state index in [-0.39, 0.29) is 23.4 Å². The summed E-state index contributed by atoms with van der Waals surface area (Å²) in [6.45, 7) is 0. The van der Waals surface area contributed by atoms with Crippen LogP contribution in [0.25, 0.3) is 0 Å². The molecule has 2 aromatic carbocycles. The van der Waals surface area contributed by atoms with Crippen molar-refractivity contribution >= 4 is 35.0 Å². The van der Waals surface area contributed by atoms with Gasteiger partial charge in [-0.25, -0.2) is 0 Å². The minimum absolute atomic E-state index is 0.000423. The second-order valence-electron chi connectivity index (χ2n) is 7.50. The number of hydrogen-bond acceptors (Lipinski definition) is 5. The van der Waals surface area contributed by atoms with Crippen LogP contribution in [0.1, 0.15) is 39.9 Å². The van der Waals surface area contributed by atoms with Crippen molar-refractivity contribution in [2.75, 3.05) is 16.8 Å². The third-order valence-corrected chi connectivity index (χ3v) is 7.35. The summed E-state index contributed by atoms with van der Waals surface area (Å²) in [6.07, 6.45) is 5.41. The van der Waals surface area contributed by atoms with Crippen molar-refractivity contribution in [1.29, 1.82) is 0 Å². The van der Waals surface area contributed by atoms with Crippen LogP contribution < -0.4 is 15.2 Å². The van der Waals surface area contributed by atoms with Crippen molar-refractivity contribution in [2.45, 2.75) is 24.5 Å². The largest absolute Gasteiger partial charge is 0.545 e. The summed E-state index contributed by atoms with van der Waals surface area (Å²) in [5.74, 6) is 2.01. The first-order chi connectivity index (χ1) is 13.6. The average molecular weight is 413 g/mol. The Morgan fingerprint density at radius 2 is 2.11 bits per heavy atom. The maximum Gasteiger partial charge on any atom is 0.120 e. The van der Waals surface area contributed by atoms with Crippen molar-refractivity contribution in [3.63, 3.8) is 0 Å². The van der Waals surface area contributed by atoms with E-state index in [0.717, 1.165) is 34.8 Å². The van der Waals surface area contributed by atoms with E-state index in [9.17, 15) is 9.90 Å². The molecule has 2 aromatic rings. The number of ether oxygens (including phenoxy) is 1. The number of benzene rings is 2. The SMILES string of the molecule is O=C([O-])c1ccc(Cl)c2c1[C@@H]1C=CC[C@@H]1[C@@H](c1cccc(OC3CSC3)c1)N2. The number of hydrogen-bond donors (Lipinski definition) is 1. The first-order valence-corrected chi connectivity index (χ1v) is 11.0. The summed E-state index contributed by atoms with van der Waals surface area (Å²) in [7, 11) is 0. The Bertz CT molecular complexity index is 972. The average Bonchev–Trinajstić information content (AvgIpc) is 3.14. The van der Waals surface area contributed by atoms with Crippen molar-refractivity contribution in [3.05, 3.63) is 70.3 Å². The normalized spacial score (nSPS) is 25.4. The molecule has 0 radical (unpaired) electrons. The minimum Gasteiger partial charge on any atom is -0.545 e. The van der Waals surface area contributed by atoms with Crippen LogP contribution in [0.4, 0.5) is 5.69 Å². The van der Waals surface area contributed by atoms with Gasteiger partial charge >= 0.3 is 0 Å². The lowest BCUT2D eigenvalue weighted by Gasteiger charge is -2.39. The number of carbonyl (C=O) groups excluding carboxylic acids is 1. The highest BCUT2D eigenvalue weighted by Gasteiger charge is 2.40. The van der Waals surface area contributed by atoms with Gasteiger partial charge in [0, 0.05) is 23.0 Å². The van der Waals surface area contributed by atoms with E-state index in [4.69, 9.17) is 16.3 Å². The molecule has 3 aliphatic rings. The summed E-state index contributed by atoms with van der Waals surface area (Å²) in [4.78, 5) is 11.7. The number of carboxylic acid groups (broad SMARTS) is 1. The number of thioether (sulfide) groups is 1. The van der Waals surface area contributed by atoms with Gasteiger partial charge in [-0.05, 0) is 41.7 Å². The van der Waals surface area contributed by atoms with Crippen molar-refractivity contribution in [1.82, 2.24) is 0 Å². The van der Waals surface area contributed by atoms with Crippen LogP contribution in [0.15, 0.2) is 48.6 Å². The zero-order chi connectivity index (χ0) is 19.3. The molecule has 1 fully saturated rings. The number of nitrogens with one attached hydrogen (secondary N) is 1. The smallest absolute Gasteiger partial charge is 0.120 e. The fourth-order valence-electron chi connectivity index (χ4n) is 4.44. The molecule has 2 aliphatic heterocycles. The minimum atomic E-state index is -1.17. The maximum absolute atomic E-state index is 11.7. The lowest BCUT2D eigenvalue weighted by molar-refractivity contribution is -0.255. The molecule has 28 heavy (non-hydrogen) atoms. The fraction of sp³-hybridized carbons (Fsp3) is 0.318. The van der Waals surface area contributed by atoms with E-state index in [2.05, 4.69) is 29.6 Å². The Kier molecular flexibility index (Phi) is 4.52. The topological polar surface area (TPSA) is 61.4 Å². The van der Waals surface area contributed by atoms with Gasteiger partial charge in [-0.3, -0.25) is 0 Å². The van der Waals surface area contributed by atoms with Crippen molar-refractivity contribution < 1.29 is 14.6 Å². The number of allylic oxidation sites excluding steroid dienone is 2. The summed E-state index contributed by atoms with van der Waals surface area (Å²) < 4.78 is 6.06. The number of aromatic carboxylic acids is 1. The Balaban J connectivity index is 1.54. The van der Waals surface area contributed by atoms with E-state index in [0.29, 0.717) is 16.8 Å². The summed E-state index contributed by atoms with van der Waals surface area (Å²) in [5.41, 5.74) is 2.78. The van der Waals surface area contributed by atoms with Gasteiger partial charge in [0.2, 0.25) is 0 Å². The number of anilines is 1. The molecule has 0 spiro atoms. The molecule has 1 saturated heterocycles. The monoisotopic (exact) mass is 412 g/mol. The van der Waals surface area contributed by atoms with Crippen LogP contribution >= 0.6 is 23.4 Å². The molecule has 0 saturated carbocycles. The summed E-state index contributed by atoms with van der Waals surface area (Å²) >= 11 is 8.35. The van der Waals surface area contributed by atoms with Crippen molar-refractivity contribution in [2.24, 2.45) is 5.92 Å². The first-order valence-electron chi connectivity index (χ1n) is 9.43. The van der Waals surface area contributed by atoms with Crippen LogP contribution in [-0.4, -0.2) is 23.6 Å². The van der Waals surface area contributed by atoms with Crippen LogP contribution in [-0.2, 0) is 0 Å². The number of carboxylic acids is 1. The lowest BCUT2D eigenvalue weighted by Crippen LogP contribution is -2.33. The number of rotatable bonds is 4. The second-order valence-corrected chi connectivity index (χ2v) is 8.98. The summed E-state index contributed by atoms with van der Waals surface area (Å²) in [5, 5.41) is 15.7. The van der Waals surface area contributed by atoms with Crippen molar-refractivity contribution in [3.8, 4) is 5.75 Å². The van der Waals surface area contributed by atoms with Gasteiger partial charge in [-0.15, -0.1) is 0 Å². The molecule has 1 aliphatic carbocycles. The predicted octanol–water partition coefficient (Wildman–Crippen LogP) is 4.02. The Morgan fingerprint density at radius 3 is 2.86 bits per heavy atom. The molecule has 0 amide bonds. The lowest BCUT2D eigenvalue weighted by atomic mass is 9.75. The predicted molar refractivity (Wildman–Crippen MR) is 110 cm³/mol. The Morgan fingerprint density at radius 1 is 1.25 bits per heavy atom. The maximum atomic E-state index is 11.7. The van der Waals surface area contributed by atoms with Crippen LogP contribution in [0.5, 0.6) is 5.75 Å². The highest BCUT2D eigenvalue weighted by molar-refractivity contribution is 8.00. The zero-order valence-corrected chi connectivity index (χ0v) is 16.6. The molecule has 3 atom stereocenters. The molecule has 0 unspecified atom stereocenters. The standard InChI is InChI=1S/C22H20ClNO3S/c23-18-8-7-17(22(25)26)19-15-5-2-6-16(15)20(24-21(18)19)12-3-1-4-13(9-12)27-14-10-28-11-14/h1-5,7-9,14-16,20,24H,6,10-11H2,(H,25,26)/p-1/t15-,16+,20-/m1/s1. The quantitative estimate of drug-likeness (QED) is 0.768. The van der Waals surface area contributed by atoms with Gasteiger partial charge in [0.25, 0.3) is 0 Å². The van der Waals surface area contributed by atoms with Gasteiger partial charge in [0.15, 0.2) is 0 Å². The van der Waals surface area contributed by atoms with Gasteiger partial charge in [0.1, 0.15) is 11.9 Å². The molecule has 144 valence electrons. The molecule has 5 rings (SSSR count). The molecule has 6 heteroatoms. The Hall–Kier alpha value is -2.11. The highest BCUT2D eigenvalue weighted by atomic mass is 35.5. The Labute approximate surface area is 172 Å². The molecular formula is C22H19ClNO3S-. The van der Waals surface area contributed by atoms with E-state index in [1.165, 1.54) is 0 Å². The molecule has 0 aromatic heterocycles. The third kappa shape index (κ3) is 2.97. The van der Waals surface area contributed by atoms with Gasteiger partial charge in [-0.2, -0.15) is 11.8 Å². The number of carbonyl (C=O) groups is 1. The fourth-order valence-corrected chi connectivity index (χ4v) is 5.22. The van der Waals surface area contributed by atoms with Gasteiger partial charge in [0.05, 0.1) is 22.7 Å². The highest BCUT2D eigenvalue weighted by Crippen LogP contribution is 2.52. The van der Waals surface area contributed by atoms with E-state index < -0.39 is 5.97 Å². The van der Waals surface area contributed by atoms with Gasteiger partial charge < -0.3 is 20.0 Å². The second kappa shape index (κ2) is 7.05. The molecule has 1 N–H and O–H groups in total. The van der Waals surface area contributed by atoms with E-state index in [1.807, 2.05) is 23.9 Å². The molecule has 0 bridgehead atoms. The van der Waals surface area contributed by atoms with Crippen LogP contribution in [0, 0.1) is 5.92 Å². The zero-order valence-electron chi connectivity index (χ0n) is 15.1. The number of fused-ring (bicyclic) bond motifs is 3. The molecule has 2 heterocycles.